The van der Waals surface area contributed by atoms with Gasteiger partial charge in [0.05, 0.1) is 12.2 Å². The van der Waals surface area contributed by atoms with E-state index >= 15 is 0 Å². The van der Waals surface area contributed by atoms with Crippen molar-refractivity contribution in [3.05, 3.63) is 30.1 Å². The molecule has 0 spiro atoms. The van der Waals surface area contributed by atoms with Crippen LogP contribution in [0.4, 0.5) is 0 Å². The second kappa shape index (κ2) is 6.30. The largest absolute Gasteiger partial charge is 0.309 e. The molecule has 6 heteroatoms. The van der Waals surface area contributed by atoms with Crippen molar-refractivity contribution in [2.75, 3.05) is 6.54 Å². The van der Waals surface area contributed by atoms with Gasteiger partial charge in [0.15, 0.2) is 0 Å². The Bertz CT molecular complexity index is 472. The van der Waals surface area contributed by atoms with Gasteiger partial charge in [-0.2, -0.15) is 10.2 Å². The van der Waals surface area contributed by atoms with Crippen LogP contribution in [0.1, 0.15) is 24.9 Å². The van der Waals surface area contributed by atoms with Crippen LogP contribution in [0.15, 0.2) is 18.6 Å². The van der Waals surface area contributed by atoms with E-state index in [-0.39, 0.29) is 0 Å². The van der Waals surface area contributed by atoms with Crippen molar-refractivity contribution < 1.29 is 0 Å². The molecule has 98 valence electrons. The number of nitrogens with zero attached hydrogens (tertiary/aromatic N) is 5. The molecule has 0 amide bonds. The van der Waals surface area contributed by atoms with Crippen LogP contribution in [-0.4, -0.2) is 31.1 Å². The van der Waals surface area contributed by atoms with Gasteiger partial charge in [-0.3, -0.25) is 4.68 Å². The molecule has 0 unspecified atom stereocenters. The van der Waals surface area contributed by atoms with Crippen molar-refractivity contribution in [2.24, 2.45) is 7.05 Å². The number of hydrogen-bond acceptors (Lipinski definition) is 4. The Morgan fingerprint density at radius 2 is 2.28 bits per heavy atom. The Morgan fingerprint density at radius 3 is 3.00 bits per heavy atom. The van der Waals surface area contributed by atoms with Crippen molar-refractivity contribution in [1.82, 2.24) is 29.9 Å². The molecule has 0 saturated heterocycles. The third-order valence-electron chi connectivity index (χ3n) is 2.74. The van der Waals surface area contributed by atoms with Gasteiger partial charge in [-0.1, -0.05) is 6.92 Å². The lowest BCUT2D eigenvalue weighted by atomic mass is 10.3. The molecule has 0 fully saturated rings. The van der Waals surface area contributed by atoms with E-state index in [1.54, 1.807) is 6.33 Å². The van der Waals surface area contributed by atoms with Crippen molar-refractivity contribution in [3.8, 4) is 0 Å². The minimum absolute atomic E-state index is 0.757. The molecule has 2 aromatic rings. The van der Waals surface area contributed by atoms with Gasteiger partial charge in [0.2, 0.25) is 0 Å². The highest BCUT2D eigenvalue weighted by Gasteiger charge is 2.03. The maximum Gasteiger partial charge on any atom is 0.140 e. The van der Waals surface area contributed by atoms with E-state index in [2.05, 4.69) is 27.4 Å². The summed E-state index contributed by atoms with van der Waals surface area (Å²) < 4.78 is 3.78. The van der Waals surface area contributed by atoms with Gasteiger partial charge >= 0.3 is 0 Å². The van der Waals surface area contributed by atoms with E-state index in [9.17, 15) is 0 Å². The van der Waals surface area contributed by atoms with Gasteiger partial charge in [0.1, 0.15) is 12.2 Å². The zero-order valence-corrected chi connectivity index (χ0v) is 11.0. The molecule has 0 aliphatic carbocycles. The highest BCUT2D eigenvalue weighted by molar-refractivity contribution is 4.99. The van der Waals surface area contributed by atoms with Gasteiger partial charge in [-0.05, 0) is 12.5 Å². The first-order valence-electron chi connectivity index (χ1n) is 6.35. The molecule has 0 aromatic carbocycles. The zero-order chi connectivity index (χ0) is 12.8. The van der Waals surface area contributed by atoms with Crippen molar-refractivity contribution in [1.29, 1.82) is 0 Å². The summed E-state index contributed by atoms with van der Waals surface area (Å²) in [5, 5.41) is 11.9. The molecule has 0 bridgehead atoms. The molecule has 6 nitrogen and oxygen atoms in total. The first-order valence-corrected chi connectivity index (χ1v) is 6.35. The van der Waals surface area contributed by atoms with Crippen molar-refractivity contribution >= 4 is 0 Å². The van der Waals surface area contributed by atoms with E-state index in [4.69, 9.17) is 0 Å². The predicted octanol–water partition coefficient (Wildman–Crippen LogP) is 0.754. The molecule has 0 radical (unpaired) electrons. The maximum absolute atomic E-state index is 4.34. The molecule has 2 heterocycles. The summed E-state index contributed by atoms with van der Waals surface area (Å²) in [4.78, 5) is 4.25. The quantitative estimate of drug-likeness (QED) is 0.735. The Balaban J connectivity index is 1.73. The summed E-state index contributed by atoms with van der Waals surface area (Å²) in [6.45, 7) is 4.72. The minimum atomic E-state index is 0.757. The third-order valence-corrected chi connectivity index (χ3v) is 2.74. The van der Waals surface area contributed by atoms with E-state index in [0.717, 1.165) is 44.0 Å². The van der Waals surface area contributed by atoms with E-state index < -0.39 is 0 Å². The van der Waals surface area contributed by atoms with Crippen LogP contribution in [0, 0.1) is 0 Å². The topological polar surface area (TPSA) is 60.6 Å². The third kappa shape index (κ3) is 3.40. The average Bonchev–Trinajstić information content (AvgIpc) is 2.95. The number of aromatic nitrogens is 5. The molecule has 0 aliphatic heterocycles. The van der Waals surface area contributed by atoms with Crippen LogP contribution in [0.2, 0.25) is 0 Å². The molecule has 18 heavy (non-hydrogen) atoms. The van der Waals surface area contributed by atoms with Crippen LogP contribution >= 0.6 is 0 Å². The lowest BCUT2D eigenvalue weighted by Crippen LogP contribution is -2.20. The van der Waals surface area contributed by atoms with Crippen molar-refractivity contribution in [2.45, 2.75) is 32.9 Å². The summed E-state index contributed by atoms with van der Waals surface area (Å²) in [6, 6.07) is 2.04. The highest BCUT2D eigenvalue weighted by atomic mass is 15.3. The smallest absolute Gasteiger partial charge is 0.140 e. The Kier molecular flexibility index (Phi) is 4.46. The zero-order valence-electron chi connectivity index (χ0n) is 11.0. The predicted molar refractivity (Wildman–Crippen MR) is 68.9 cm³/mol. The first kappa shape index (κ1) is 12.8. The summed E-state index contributed by atoms with van der Waals surface area (Å²) in [5.74, 6) is 0.998. The van der Waals surface area contributed by atoms with Crippen LogP contribution in [0.25, 0.3) is 0 Å². The molecule has 0 aliphatic rings. The standard InChI is InChI=1S/C12H20N6/c1-3-7-18-12(14-10-15-18)9-13-6-4-11-5-8-17(2)16-11/h5,8,10,13H,3-4,6-7,9H2,1-2H3. The second-order valence-corrected chi connectivity index (χ2v) is 4.31. The van der Waals surface area contributed by atoms with E-state index in [1.165, 1.54) is 0 Å². The molecule has 2 aromatic heterocycles. The molecule has 2 rings (SSSR count). The number of aryl methyl sites for hydroxylation is 2. The first-order chi connectivity index (χ1) is 8.79. The van der Waals surface area contributed by atoms with Crippen LogP contribution in [0.3, 0.4) is 0 Å². The number of rotatable bonds is 7. The lowest BCUT2D eigenvalue weighted by molar-refractivity contribution is 0.542. The summed E-state index contributed by atoms with van der Waals surface area (Å²) in [6.07, 6.45) is 5.59. The molecular weight excluding hydrogens is 228 g/mol. The summed E-state index contributed by atoms with van der Waals surface area (Å²) in [5.41, 5.74) is 1.11. The lowest BCUT2D eigenvalue weighted by Gasteiger charge is -2.05. The maximum atomic E-state index is 4.34. The van der Waals surface area contributed by atoms with Crippen LogP contribution < -0.4 is 5.32 Å². The number of nitrogens with one attached hydrogen (secondary N) is 1. The van der Waals surface area contributed by atoms with Crippen LogP contribution in [-0.2, 0) is 26.6 Å². The van der Waals surface area contributed by atoms with Gasteiger partial charge < -0.3 is 5.32 Å². The highest BCUT2D eigenvalue weighted by Crippen LogP contribution is 1.97. The fourth-order valence-electron chi connectivity index (χ4n) is 1.84. The fraction of sp³-hybridized carbons (Fsp3) is 0.583. The average molecular weight is 248 g/mol. The fourth-order valence-corrected chi connectivity index (χ4v) is 1.84. The van der Waals surface area contributed by atoms with Gasteiger partial charge in [-0.25, -0.2) is 9.67 Å². The van der Waals surface area contributed by atoms with Gasteiger partial charge in [-0.15, -0.1) is 0 Å². The second-order valence-electron chi connectivity index (χ2n) is 4.31. The van der Waals surface area contributed by atoms with Crippen molar-refractivity contribution in [3.63, 3.8) is 0 Å². The molecular formula is C12H20N6. The Labute approximate surface area is 107 Å². The Hall–Kier alpha value is -1.69. The van der Waals surface area contributed by atoms with E-state index in [1.807, 2.05) is 28.7 Å². The normalized spacial score (nSPS) is 11.0. The summed E-state index contributed by atoms with van der Waals surface area (Å²) >= 11 is 0. The Morgan fingerprint density at radius 1 is 1.39 bits per heavy atom. The summed E-state index contributed by atoms with van der Waals surface area (Å²) in [7, 11) is 1.93. The SMILES string of the molecule is CCCn1ncnc1CNCCc1ccn(C)n1. The van der Waals surface area contributed by atoms with Gasteiger partial charge in [0, 0.05) is 32.8 Å². The monoisotopic (exact) mass is 248 g/mol. The molecule has 1 N–H and O–H groups in total. The van der Waals surface area contributed by atoms with E-state index in [0.29, 0.717) is 0 Å². The molecule has 0 saturated carbocycles. The van der Waals surface area contributed by atoms with Gasteiger partial charge in [0.25, 0.3) is 0 Å². The minimum Gasteiger partial charge on any atom is -0.309 e. The number of hydrogen-bond donors (Lipinski definition) is 1. The molecule has 0 atom stereocenters. The van der Waals surface area contributed by atoms with Crippen LogP contribution in [0.5, 0.6) is 0 Å².